The summed E-state index contributed by atoms with van der Waals surface area (Å²) < 4.78 is 22.4. The van der Waals surface area contributed by atoms with Crippen molar-refractivity contribution in [1.29, 1.82) is 0 Å². The van der Waals surface area contributed by atoms with Crippen LogP contribution in [0.3, 0.4) is 0 Å². The lowest BCUT2D eigenvalue weighted by molar-refractivity contribution is 0.393. The van der Waals surface area contributed by atoms with Gasteiger partial charge in [0.05, 0.1) is 14.2 Å². The van der Waals surface area contributed by atoms with Crippen LogP contribution in [0.5, 0.6) is 23.0 Å². The van der Waals surface area contributed by atoms with Crippen molar-refractivity contribution in [1.82, 2.24) is 0 Å². The van der Waals surface area contributed by atoms with E-state index in [-0.39, 0.29) is 0 Å². The molecule has 4 nitrogen and oxygen atoms in total. The molecule has 0 unspecified atom stereocenters. The van der Waals surface area contributed by atoms with Crippen LogP contribution in [-0.4, -0.2) is 43.2 Å². The third-order valence-corrected chi connectivity index (χ3v) is 9.36. The molecule has 6 heteroatoms. The minimum Gasteiger partial charge on any atom is -0.640 e. The van der Waals surface area contributed by atoms with Gasteiger partial charge in [-0.25, -0.2) is 0 Å². The van der Waals surface area contributed by atoms with E-state index in [1.807, 2.05) is 48.5 Å². The Morgan fingerprint density at radius 1 is 0.536 bits per heavy atom. The molecule has 0 aliphatic heterocycles. The number of ether oxygens (including phenoxy) is 2. The molecule has 2 rings (SSSR count). The molecular weight excluding hydrogens is 382 g/mol. The molecule has 28 heavy (non-hydrogen) atoms. The van der Waals surface area contributed by atoms with E-state index in [1.54, 1.807) is 14.2 Å². The van der Waals surface area contributed by atoms with Crippen LogP contribution in [-0.2, 0) is 0 Å². The molecule has 152 valence electrons. The van der Waals surface area contributed by atoms with Gasteiger partial charge in [-0.3, -0.25) is 0 Å². The van der Waals surface area contributed by atoms with Gasteiger partial charge in [-0.15, -0.1) is 0 Å². The van der Waals surface area contributed by atoms with Gasteiger partial charge >= 0.3 is 29.0 Å². The number of para-hydroxylation sites is 4. The van der Waals surface area contributed by atoms with Crippen LogP contribution in [0.1, 0.15) is 27.7 Å². The Balaban J connectivity index is 0.000000280. The molecule has 0 spiro atoms. The molecule has 0 amide bonds. The Bertz CT molecular complexity index is 601. The molecule has 0 bridgehead atoms. The molecule has 0 saturated heterocycles. The summed E-state index contributed by atoms with van der Waals surface area (Å²) in [5.41, 5.74) is 0. The van der Waals surface area contributed by atoms with Crippen molar-refractivity contribution in [2.24, 2.45) is 0 Å². The van der Waals surface area contributed by atoms with Gasteiger partial charge in [-0.1, -0.05) is 73.1 Å². The average Bonchev–Trinajstić information content (AvgIpc) is 2.76. The molecule has 0 atom stereocenters. The van der Waals surface area contributed by atoms with E-state index in [0.29, 0.717) is 0 Å². The van der Waals surface area contributed by atoms with Gasteiger partial charge in [0.2, 0.25) is 0 Å². The lowest BCUT2D eigenvalue weighted by Crippen LogP contribution is -2.19. The van der Waals surface area contributed by atoms with E-state index in [4.69, 9.17) is 17.1 Å². The summed E-state index contributed by atoms with van der Waals surface area (Å²) in [5, 5.41) is 4.65. The van der Waals surface area contributed by atoms with Crippen molar-refractivity contribution in [3.05, 3.63) is 48.5 Å². The molecule has 0 heterocycles. The maximum Gasteiger partial charge on any atom is 0.546 e. The molecule has 0 saturated carbocycles. The van der Waals surface area contributed by atoms with Crippen molar-refractivity contribution >= 4 is 29.0 Å². The lowest BCUT2D eigenvalue weighted by atomic mass is 10.3. The quantitative estimate of drug-likeness (QED) is 0.432. The van der Waals surface area contributed by atoms with E-state index in [1.165, 1.54) is 0 Å². The minimum atomic E-state index is -1.04. The first-order chi connectivity index (χ1) is 13.6. The van der Waals surface area contributed by atoms with E-state index in [2.05, 4.69) is 27.7 Å². The maximum atomic E-state index is 5.95. The maximum absolute atomic E-state index is 5.95. The summed E-state index contributed by atoms with van der Waals surface area (Å²) in [5.74, 6) is 3.48. The third kappa shape index (κ3) is 8.38. The molecule has 0 aliphatic rings. The van der Waals surface area contributed by atoms with Crippen LogP contribution in [0.25, 0.3) is 0 Å². The van der Waals surface area contributed by atoms with Gasteiger partial charge < -0.3 is 17.1 Å². The highest BCUT2D eigenvalue weighted by Crippen LogP contribution is 2.28. The van der Waals surface area contributed by atoms with Crippen LogP contribution >= 0.6 is 0 Å². The van der Waals surface area contributed by atoms with Crippen LogP contribution in [0.4, 0.5) is 0 Å². The topological polar surface area (TPSA) is 36.9 Å². The minimum absolute atomic E-state index is 0.840. The van der Waals surface area contributed by atoms with Gasteiger partial charge in [-0.2, -0.15) is 0 Å². The van der Waals surface area contributed by atoms with Crippen LogP contribution in [0.15, 0.2) is 48.5 Å². The Hall–Kier alpha value is -1.30. The van der Waals surface area contributed by atoms with Crippen molar-refractivity contribution in [2.75, 3.05) is 14.2 Å². The second-order valence-corrected chi connectivity index (χ2v) is 12.6. The molecule has 0 aliphatic carbocycles. The summed E-state index contributed by atoms with van der Waals surface area (Å²) in [6.07, 6.45) is 0. The van der Waals surface area contributed by atoms with E-state index in [9.17, 15) is 0 Å². The fraction of sp³-hybridized carbons (Fsp3) is 0.455. The smallest absolute Gasteiger partial charge is 0.546 e. The molecule has 2 aromatic carbocycles. The largest absolute Gasteiger partial charge is 0.640 e. The fourth-order valence-electron chi connectivity index (χ4n) is 2.70. The summed E-state index contributed by atoms with van der Waals surface area (Å²) in [4.78, 5) is 0. The lowest BCUT2D eigenvalue weighted by Gasteiger charge is -2.15. The van der Waals surface area contributed by atoms with E-state index >= 15 is 0 Å². The van der Waals surface area contributed by atoms with Gasteiger partial charge in [0.15, 0.2) is 11.5 Å². The van der Waals surface area contributed by atoms with Gasteiger partial charge in [-0.05, 0) is 24.3 Å². The van der Waals surface area contributed by atoms with E-state index in [0.717, 1.165) is 44.1 Å². The predicted molar refractivity (Wildman–Crippen MR) is 121 cm³/mol. The zero-order chi connectivity index (χ0) is 20.8. The Labute approximate surface area is 180 Å². The van der Waals surface area contributed by atoms with E-state index < -0.39 is 29.0 Å². The highest BCUT2D eigenvalue weighted by Gasteiger charge is 2.20. The molecule has 0 aromatic heterocycles. The van der Waals surface area contributed by atoms with Crippen molar-refractivity contribution in [3.63, 3.8) is 0 Å². The number of benzene rings is 2. The fourth-order valence-corrected chi connectivity index (χ4v) is 5.63. The molecule has 0 N–H and O–H groups in total. The SMILES string of the molecule is C[CH2][Al]([CH2]C)[O]c1ccccc1OC.C[CH2][Al]([CH2]C)[O]c1ccccc1OC. The first-order valence-electron chi connectivity index (χ1n) is 10.2. The van der Waals surface area contributed by atoms with Gasteiger partial charge in [0.25, 0.3) is 0 Å². The Morgan fingerprint density at radius 3 is 1.07 bits per heavy atom. The summed E-state index contributed by atoms with van der Waals surface area (Å²) in [6, 6.07) is 15.7. The molecule has 0 radical (unpaired) electrons. The number of hydrogen-bond donors (Lipinski definition) is 0. The second kappa shape index (κ2) is 14.7. The van der Waals surface area contributed by atoms with Crippen LogP contribution in [0.2, 0.25) is 21.1 Å². The van der Waals surface area contributed by atoms with Crippen molar-refractivity contribution in [2.45, 2.75) is 48.8 Å². The van der Waals surface area contributed by atoms with Gasteiger partial charge in [0, 0.05) is 0 Å². The van der Waals surface area contributed by atoms with Crippen LogP contribution in [0, 0.1) is 0 Å². The number of methoxy groups -OCH3 is 2. The standard InChI is InChI=1S/2C7H8O2.4C2H5.2Al/c2*1-9-7-5-3-2-4-6(7)8;4*1-2;;/h2*2-5,8H,1H3;4*1H2,2H3;;/q;;;;;;2*+1/p-2. The third-order valence-electron chi connectivity index (χ3n) is 4.55. The average molecular weight is 416 g/mol. The Kier molecular flexibility index (Phi) is 13.0. The van der Waals surface area contributed by atoms with Crippen molar-refractivity contribution in [3.8, 4) is 23.0 Å². The summed E-state index contributed by atoms with van der Waals surface area (Å²) >= 11 is -2.08. The molecule has 2 aromatic rings. The first-order valence-corrected chi connectivity index (χ1v) is 14.4. The second-order valence-electron chi connectivity index (χ2n) is 6.41. The molecular formula is C22H34Al2O4. The first kappa shape index (κ1) is 24.7. The van der Waals surface area contributed by atoms with Gasteiger partial charge in [0.1, 0.15) is 11.5 Å². The summed E-state index contributed by atoms with van der Waals surface area (Å²) in [6.45, 7) is 8.76. The Morgan fingerprint density at radius 2 is 0.821 bits per heavy atom. The highest BCUT2D eigenvalue weighted by atomic mass is 27.2. The number of rotatable bonds is 10. The normalized spacial score (nSPS) is 9.64. The zero-order valence-corrected chi connectivity index (χ0v) is 20.5. The number of hydrogen-bond acceptors (Lipinski definition) is 4. The molecule has 0 fully saturated rings. The summed E-state index contributed by atoms with van der Waals surface area (Å²) in [7, 11) is 3.35. The van der Waals surface area contributed by atoms with Crippen molar-refractivity contribution < 1.29 is 17.1 Å². The van der Waals surface area contributed by atoms with Crippen LogP contribution < -0.4 is 17.1 Å². The zero-order valence-electron chi connectivity index (χ0n) is 18.2. The highest BCUT2D eigenvalue weighted by molar-refractivity contribution is 6.52. The predicted octanol–water partition coefficient (Wildman–Crippen LogP) is 6.21. The monoisotopic (exact) mass is 416 g/mol.